The Morgan fingerprint density at radius 1 is 1.44 bits per heavy atom. The Kier molecular flexibility index (Phi) is 5.63. The van der Waals surface area contributed by atoms with Gasteiger partial charge in [-0.05, 0) is 43.1 Å². The van der Waals surface area contributed by atoms with E-state index in [9.17, 15) is 4.39 Å². The van der Waals surface area contributed by atoms with Crippen molar-refractivity contribution in [1.82, 2.24) is 15.3 Å². The van der Waals surface area contributed by atoms with Crippen molar-refractivity contribution in [1.29, 1.82) is 0 Å². The van der Waals surface area contributed by atoms with Gasteiger partial charge in [-0.15, -0.1) is 6.58 Å². The Balaban J connectivity index is 1.54. The molecule has 5 heteroatoms. The molecule has 1 aliphatic carbocycles. The molecule has 1 saturated heterocycles. The zero-order chi connectivity index (χ0) is 17.8. The van der Waals surface area contributed by atoms with Gasteiger partial charge in [0.05, 0.1) is 6.04 Å². The molecule has 4 nitrogen and oxygen atoms in total. The highest BCUT2D eigenvalue weighted by Gasteiger charge is 2.30. The molecular weight excluding hydrogens is 315 g/mol. The molecule has 0 radical (unpaired) electrons. The Morgan fingerprint density at radius 3 is 2.76 bits per heavy atom. The molecule has 2 N–H and O–H groups in total. The van der Waals surface area contributed by atoms with Gasteiger partial charge in [-0.25, -0.2) is 14.4 Å². The van der Waals surface area contributed by atoms with Gasteiger partial charge in [-0.1, -0.05) is 36.8 Å². The van der Waals surface area contributed by atoms with E-state index >= 15 is 0 Å². The lowest BCUT2D eigenvalue weighted by molar-refractivity contribution is 0.161. The third-order valence-electron chi connectivity index (χ3n) is 5.22. The average Bonchev–Trinajstić information content (AvgIpc) is 3.01. The van der Waals surface area contributed by atoms with E-state index in [1.54, 1.807) is 12.4 Å². The van der Waals surface area contributed by atoms with Gasteiger partial charge in [0, 0.05) is 18.9 Å². The molecule has 25 heavy (non-hydrogen) atoms. The predicted octanol–water partition coefficient (Wildman–Crippen LogP) is 3.80. The summed E-state index contributed by atoms with van der Waals surface area (Å²) in [5, 5.41) is 5.65. The van der Waals surface area contributed by atoms with Gasteiger partial charge in [0.1, 0.15) is 0 Å². The van der Waals surface area contributed by atoms with Crippen molar-refractivity contribution in [3.8, 4) is 0 Å². The van der Waals surface area contributed by atoms with Crippen molar-refractivity contribution in [2.75, 3.05) is 11.9 Å². The summed E-state index contributed by atoms with van der Waals surface area (Å²) in [6.07, 6.45) is 11.0. The first kappa shape index (κ1) is 17.8. The Labute approximate surface area is 149 Å². The van der Waals surface area contributed by atoms with Crippen LogP contribution in [-0.4, -0.2) is 28.9 Å². The number of nitrogens with zero attached hydrogens (tertiary/aromatic N) is 2. The zero-order valence-corrected chi connectivity index (χ0v) is 14.8. The van der Waals surface area contributed by atoms with Crippen LogP contribution in [0.2, 0.25) is 0 Å². The molecular formula is C20H27FN4. The van der Waals surface area contributed by atoms with Gasteiger partial charge in [-0.2, -0.15) is 0 Å². The quantitative estimate of drug-likeness (QED) is 0.557. The molecule has 1 aromatic heterocycles. The molecule has 134 valence electrons. The Morgan fingerprint density at radius 2 is 2.20 bits per heavy atom. The van der Waals surface area contributed by atoms with Crippen molar-refractivity contribution in [2.24, 2.45) is 11.8 Å². The summed E-state index contributed by atoms with van der Waals surface area (Å²) in [6.45, 7) is 11.1. The van der Waals surface area contributed by atoms with Crippen LogP contribution in [0.5, 0.6) is 0 Å². The molecule has 2 heterocycles. The predicted molar refractivity (Wildman–Crippen MR) is 100.0 cm³/mol. The van der Waals surface area contributed by atoms with Gasteiger partial charge in [0.25, 0.3) is 0 Å². The van der Waals surface area contributed by atoms with Crippen molar-refractivity contribution in [3.05, 3.63) is 54.4 Å². The lowest BCUT2D eigenvalue weighted by Crippen LogP contribution is -2.58. The van der Waals surface area contributed by atoms with Crippen molar-refractivity contribution < 1.29 is 4.39 Å². The summed E-state index contributed by atoms with van der Waals surface area (Å²) in [4.78, 5) is 8.59. The van der Waals surface area contributed by atoms with Crippen LogP contribution in [0.4, 0.5) is 10.3 Å². The number of hydrogen-bond acceptors (Lipinski definition) is 4. The van der Waals surface area contributed by atoms with Crippen LogP contribution in [0.3, 0.4) is 0 Å². The summed E-state index contributed by atoms with van der Waals surface area (Å²) in [7, 11) is 0. The number of allylic oxidation sites excluding steroid dienone is 4. The first-order valence-corrected chi connectivity index (χ1v) is 9.03. The molecule has 2 unspecified atom stereocenters. The van der Waals surface area contributed by atoms with Crippen molar-refractivity contribution in [2.45, 2.75) is 44.9 Å². The summed E-state index contributed by atoms with van der Waals surface area (Å²) in [6, 6.07) is -0.238. The molecule has 4 atom stereocenters. The zero-order valence-electron chi connectivity index (χ0n) is 14.8. The third kappa shape index (κ3) is 4.15. The molecule has 1 fully saturated rings. The molecule has 0 amide bonds. The summed E-state index contributed by atoms with van der Waals surface area (Å²) >= 11 is 0. The number of hydrogen-bond donors (Lipinski definition) is 2. The number of aromatic nitrogens is 2. The van der Waals surface area contributed by atoms with Gasteiger partial charge in [0.2, 0.25) is 5.95 Å². The minimum atomic E-state index is -1.02. The van der Waals surface area contributed by atoms with Crippen LogP contribution in [0.1, 0.15) is 31.7 Å². The molecule has 0 aromatic carbocycles. The van der Waals surface area contributed by atoms with Crippen LogP contribution < -0.4 is 10.6 Å². The fraction of sp³-hybridized carbons (Fsp3) is 0.500. The van der Waals surface area contributed by atoms with E-state index in [0.717, 1.165) is 31.2 Å². The smallest absolute Gasteiger partial charge is 0.223 e. The van der Waals surface area contributed by atoms with Crippen LogP contribution in [-0.2, 0) is 6.42 Å². The third-order valence-corrected chi connectivity index (χ3v) is 5.22. The van der Waals surface area contributed by atoms with E-state index in [2.05, 4.69) is 52.8 Å². The molecule has 3 rings (SSSR count). The lowest BCUT2D eigenvalue weighted by Gasteiger charge is -2.32. The number of alkyl halides is 1. The minimum absolute atomic E-state index is 0.238. The van der Waals surface area contributed by atoms with Crippen LogP contribution in [0, 0.1) is 11.8 Å². The van der Waals surface area contributed by atoms with E-state index in [-0.39, 0.29) is 6.04 Å². The van der Waals surface area contributed by atoms with E-state index in [1.807, 2.05) is 0 Å². The molecule has 0 saturated carbocycles. The monoisotopic (exact) mass is 342 g/mol. The largest absolute Gasteiger partial charge is 0.346 e. The second-order valence-corrected chi connectivity index (χ2v) is 6.98. The first-order valence-electron chi connectivity index (χ1n) is 9.03. The lowest BCUT2D eigenvalue weighted by atomic mass is 9.84. The minimum Gasteiger partial charge on any atom is -0.346 e. The number of nitrogens with one attached hydrogen (secondary N) is 2. The van der Waals surface area contributed by atoms with Gasteiger partial charge < -0.3 is 5.32 Å². The molecule has 2 aliphatic rings. The van der Waals surface area contributed by atoms with E-state index in [0.29, 0.717) is 24.3 Å². The standard InChI is InChI=1S/C20H27FN4/c1-4-15-6-7-16(5-2)17(15)9-13(3)8-14-10-23-20(24-11-14)25-18-12-22-19(18)21/h4,7,10-11,15,17-19,22H,1,3,5-6,8-9,12H2,2H3,(H,23,24,25)/t15?,17-,18?,19+/m0/s1. The van der Waals surface area contributed by atoms with Crippen LogP contribution in [0.25, 0.3) is 0 Å². The topological polar surface area (TPSA) is 49.8 Å². The van der Waals surface area contributed by atoms with Crippen molar-refractivity contribution >= 4 is 5.95 Å². The Bertz CT molecular complexity index is 652. The highest BCUT2D eigenvalue weighted by molar-refractivity contribution is 5.30. The second kappa shape index (κ2) is 7.91. The highest BCUT2D eigenvalue weighted by Crippen LogP contribution is 2.38. The summed E-state index contributed by atoms with van der Waals surface area (Å²) in [5.74, 6) is 1.53. The fourth-order valence-electron chi connectivity index (χ4n) is 3.63. The first-order chi connectivity index (χ1) is 12.1. The molecule has 1 aliphatic heterocycles. The summed E-state index contributed by atoms with van der Waals surface area (Å²) in [5.41, 5.74) is 3.75. The molecule has 0 bridgehead atoms. The maximum atomic E-state index is 13.2. The maximum Gasteiger partial charge on any atom is 0.223 e. The van der Waals surface area contributed by atoms with E-state index < -0.39 is 6.30 Å². The van der Waals surface area contributed by atoms with E-state index in [4.69, 9.17) is 0 Å². The number of halogens is 1. The van der Waals surface area contributed by atoms with E-state index in [1.165, 1.54) is 11.1 Å². The Hall–Kier alpha value is -2.01. The molecule has 1 aromatic rings. The highest BCUT2D eigenvalue weighted by atomic mass is 19.1. The normalized spacial score (nSPS) is 28.2. The fourth-order valence-corrected chi connectivity index (χ4v) is 3.63. The average molecular weight is 342 g/mol. The van der Waals surface area contributed by atoms with Crippen molar-refractivity contribution in [3.63, 3.8) is 0 Å². The SMILES string of the molecule is C=CC1CC=C(CC)[C@H]1CC(=C)Cc1cnc(NC2CN[C@H]2F)nc1. The number of anilines is 1. The molecule has 0 spiro atoms. The van der Waals surface area contributed by atoms with Gasteiger partial charge in [0.15, 0.2) is 6.30 Å². The van der Waals surface area contributed by atoms with Crippen LogP contribution in [0.15, 0.2) is 48.8 Å². The van der Waals surface area contributed by atoms with Crippen LogP contribution >= 0.6 is 0 Å². The second-order valence-electron chi connectivity index (χ2n) is 6.98. The van der Waals surface area contributed by atoms with Gasteiger partial charge >= 0.3 is 0 Å². The van der Waals surface area contributed by atoms with Gasteiger partial charge in [-0.3, -0.25) is 5.32 Å². The summed E-state index contributed by atoms with van der Waals surface area (Å²) < 4.78 is 13.2. The maximum absolute atomic E-state index is 13.2. The number of rotatable bonds is 8.